The van der Waals surface area contributed by atoms with Crippen molar-refractivity contribution >= 4 is 28.3 Å². The van der Waals surface area contributed by atoms with E-state index in [-0.39, 0.29) is 0 Å². The van der Waals surface area contributed by atoms with Crippen LogP contribution in [-0.4, -0.2) is 0 Å². The fourth-order valence-corrected chi connectivity index (χ4v) is 1.40. The van der Waals surface area contributed by atoms with E-state index in [2.05, 4.69) is 28.7 Å². The Morgan fingerprint density at radius 2 is 2.18 bits per heavy atom. The SMILES string of the molecule is Cc1c(C#N)ccc(I)c1N. The van der Waals surface area contributed by atoms with Gasteiger partial charge in [0.15, 0.2) is 0 Å². The van der Waals surface area contributed by atoms with E-state index in [9.17, 15) is 0 Å². The second-order valence-electron chi connectivity index (χ2n) is 2.25. The van der Waals surface area contributed by atoms with Crippen molar-refractivity contribution < 1.29 is 0 Å². The van der Waals surface area contributed by atoms with Crippen LogP contribution >= 0.6 is 22.6 Å². The topological polar surface area (TPSA) is 49.8 Å². The average molecular weight is 258 g/mol. The molecule has 0 saturated heterocycles. The zero-order chi connectivity index (χ0) is 8.43. The third-order valence-electron chi connectivity index (χ3n) is 1.58. The van der Waals surface area contributed by atoms with E-state index in [1.165, 1.54) is 0 Å². The smallest absolute Gasteiger partial charge is 0.0995 e. The van der Waals surface area contributed by atoms with Crippen molar-refractivity contribution in [3.8, 4) is 6.07 Å². The Hall–Kier alpha value is -0.760. The summed E-state index contributed by atoms with van der Waals surface area (Å²) >= 11 is 2.15. The van der Waals surface area contributed by atoms with Crippen LogP contribution in [-0.2, 0) is 0 Å². The monoisotopic (exact) mass is 258 g/mol. The molecule has 0 aliphatic heterocycles. The number of benzene rings is 1. The summed E-state index contributed by atoms with van der Waals surface area (Å²) < 4.78 is 0.999. The maximum absolute atomic E-state index is 8.63. The molecular weight excluding hydrogens is 251 g/mol. The molecule has 0 unspecified atom stereocenters. The minimum atomic E-state index is 0.655. The Balaban J connectivity index is 3.40. The minimum Gasteiger partial charge on any atom is -0.398 e. The Labute approximate surface area is 79.2 Å². The molecule has 0 bridgehead atoms. The minimum absolute atomic E-state index is 0.655. The molecule has 56 valence electrons. The molecule has 0 saturated carbocycles. The number of nitrogens with zero attached hydrogens (tertiary/aromatic N) is 1. The van der Waals surface area contributed by atoms with Crippen molar-refractivity contribution in [2.45, 2.75) is 6.92 Å². The van der Waals surface area contributed by atoms with Gasteiger partial charge in [-0.1, -0.05) is 0 Å². The Kier molecular flexibility index (Phi) is 2.35. The van der Waals surface area contributed by atoms with Gasteiger partial charge in [-0.25, -0.2) is 0 Å². The number of nitrogens with two attached hydrogens (primary N) is 1. The highest BCUT2D eigenvalue weighted by Gasteiger charge is 2.03. The van der Waals surface area contributed by atoms with E-state index in [4.69, 9.17) is 11.0 Å². The molecule has 0 aromatic heterocycles. The first-order valence-corrected chi connectivity index (χ1v) is 4.19. The summed E-state index contributed by atoms with van der Waals surface area (Å²) in [4.78, 5) is 0. The van der Waals surface area contributed by atoms with Gasteiger partial charge in [0, 0.05) is 9.26 Å². The Bertz CT molecular complexity index is 326. The molecule has 2 nitrogen and oxygen atoms in total. The van der Waals surface area contributed by atoms with Crippen LogP contribution in [0.4, 0.5) is 5.69 Å². The van der Waals surface area contributed by atoms with E-state index in [0.717, 1.165) is 9.13 Å². The summed E-state index contributed by atoms with van der Waals surface area (Å²) in [6.45, 7) is 1.86. The molecule has 0 fully saturated rings. The third-order valence-corrected chi connectivity index (χ3v) is 2.52. The Morgan fingerprint density at radius 3 is 2.73 bits per heavy atom. The summed E-state index contributed by atoms with van der Waals surface area (Å²) in [5.41, 5.74) is 7.94. The van der Waals surface area contributed by atoms with E-state index < -0.39 is 0 Å². The molecule has 11 heavy (non-hydrogen) atoms. The average Bonchev–Trinajstić information content (AvgIpc) is 2.01. The van der Waals surface area contributed by atoms with Crippen molar-refractivity contribution in [1.29, 1.82) is 5.26 Å². The lowest BCUT2D eigenvalue weighted by Crippen LogP contribution is -1.95. The van der Waals surface area contributed by atoms with Gasteiger partial charge in [-0.05, 0) is 47.2 Å². The van der Waals surface area contributed by atoms with Crippen LogP contribution in [0.25, 0.3) is 0 Å². The first kappa shape index (κ1) is 8.34. The lowest BCUT2D eigenvalue weighted by molar-refractivity contribution is 1.38. The first-order valence-electron chi connectivity index (χ1n) is 3.11. The zero-order valence-corrected chi connectivity index (χ0v) is 8.21. The van der Waals surface area contributed by atoms with Crippen LogP contribution in [0.3, 0.4) is 0 Å². The van der Waals surface area contributed by atoms with E-state index >= 15 is 0 Å². The van der Waals surface area contributed by atoms with Gasteiger partial charge in [-0.3, -0.25) is 0 Å². The van der Waals surface area contributed by atoms with Crippen LogP contribution in [0.5, 0.6) is 0 Å². The van der Waals surface area contributed by atoms with Crippen molar-refractivity contribution in [2.24, 2.45) is 0 Å². The molecule has 0 amide bonds. The second-order valence-corrected chi connectivity index (χ2v) is 3.41. The molecule has 0 spiro atoms. The lowest BCUT2D eigenvalue weighted by Gasteiger charge is -2.03. The highest BCUT2D eigenvalue weighted by atomic mass is 127. The molecular formula is C8H7IN2. The molecule has 0 aliphatic carbocycles. The third kappa shape index (κ3) is 1.46. The number of anilines is 1. The van der Waals surface area contributed by atoms with Gasteiger partial charge in [-0.15, -0.1) is 0 Å². The maximum Gasteiger partial charge on any atom is 0.0995 e. The van der Waals surface area contributed by atoms with Crippen molar-refractivity contribution in [2.75, 3.05) is 5.73 Å². The summed E-state index contributed by atoms with van der Waals surface area (Å²) in [7, 11) is 0. The van der Waals surface area contributed by atoms with E-state index in [1.54, 1.807) is 6.07 Å². The molecule has 0 aliphatic rings. The fourth-order valence-electron chi connectivity index (χ4n) is 0.817. The van der Waals surface area contributed by atoms with Gasteiger partial charge in [-0.2, -0.15) is 5.26 Å². The van der Waals surface area contributed by atoms with Gasteiger partial charge >= 0.3 is 0 Å². The highest BCUT2D eigenvalue weighted by Crippen LogP contribution is 2.21. The number of nitrogen functional groups attached to an aromatic ring is 1. The molecule has 0 atom stereocenters. The summed E-state index contributed by atoms with van der Waals surface area (Å²) in [6, 6.07) is 5.71. The van der Waals surface area contributed by atoms with Gasteiger partial charge in [0.05, 0.1) is 11.6 Å². The van der Waals surface area contributed by atoms with E-state index in [0.29, 0.717) is 11.3 Å². The molecule has 3 heteroatoms. The molecule has 0 heterocycles. The van der Waals surface area contributed by atoms with Crippen molar-refractivity contribution in [1.82, 2.24) is 0 Å². The van der Waals surface area contributed by atoms with Crippen LogP contribution in [0.2, 0.25) is 0 Å². The predicted octanol–water partition coefficient (Wildman–Crippen LogP) is 2.05. The first-order chi connectivity index (χ1) is 5.16. The standard InChI is InChI=1S/C8H7IN2/c1-5-6(4-10)2-3-7(9)8(5)11/h2-3H,11H2,1H3. The number of nitriles is 1. The van der Waals surface area contributed by atoms with Crippen LogP contribution in [0.15, 0.2) is 12.1 Å². The summed E-state index contributed by atoms with van der Waals surface area (Å²) in [6.07, 6.45) is 0. The number of hydrogen-bond donors (Lipinski definition) is 1. The Morgan fingerprint density at radius 1 is 1.55 bits per heavy atom. The van der Waals surface area contributed by atoms with Gasteiger partial charge < -0.3 is 5.73 Å². The largest absolute Gasteiger partial charge is 0.398 e. The molecule has 0 radical (unpaired) electrons. The quantitative estimate of drug-likeness (QED) is 0.572. The molecule has 2 N–H and O–H groups in total. The van der Waals surface area contributed by atoms with Gasteiger partial charge in [0.1, 0.15) is 0 Å². The van der Waals surface area contributed by atoms with Crippen LogP contribution < -0.4 is 5.73 Å². The normalized spacial score (nSPS) is 9.18. The molecule has 1 aromatic carbocycles. The van der Waals surface area contributed by atoms with Gasteiger partial charge in [0.2, 0.25) is 0 Å². The number of halogens is 1. The highest BCUT2D eigenvalue weighted by molar-refractivity contribution is 14.1. The predicted molar refractivity (Wildman–Crippen MR) is 53.0 cm³/mol. The maximum atomic E-state index is 8.63. The van der Waals surface area contributed by atoms with Crippen LogP contribution in [0, 0.1) is 21.8 Å². The second kappa shape index (κ2) is 3.09. The molecule has 1 rings (SSSR count). The summed E-state index contributed by atoms with van der Waals surface area (Å²) in [5.74, 6) is 0. The number of hydrogen-bond acceptors (Lipinski definition) is 2. The van der Waals surface area contributed by atoms with Crippen LogP contribution in [0.1, 0.15) is 11.1 Å². The zero-order valence-electron chi connectivity index (χ0n) is 6.06. The van der Waals surface area contributed by atoms with Crippen molar-refractivity contribution in [3.63, 3.8) is 0 Å². The van der Waals surface area contributed by atoms with Crippen molar-refractivity contribution in [3.05, 3.63) is 26.8 Å². The summed E-state index contributed by atoms with van der Waals surface area (Å²) in [5, 5.41) is 8.63. The fraction of sp³-hybridized carbons (Fsp3) is 0.125. The number of rotatable bonds is 0. The van der Waals surface area contributed by atoms with E-state index in [1.807, 2.05) is 13.0 Å². The van der Waals surface area contributed by atoms with Gasteiger partial charge in [0.25, 0.3) is 0 Å². The lowest BCUT2D eigenvalue weighted by atomic mass is 10.1. The molecule has 1 aromatic rings.